The maximum Gasteiger partial charge on any atom is 0.270 e. The average Bonchev–Trinajstić information content (AvgIpc) is 2.24. The minimum absolute atomic E-state index is 0.0780. The first kappa shape index (κ1) is 12.3. The number of pyridine rings is 1. The van der Waals surface area contributed by atoms with Gasteiger partial charge in [-0.2, -0.15) is 0 Å². The van der Waals surface area contributed by atoms with Crippen LogP contribution in [0, 0.1) is 0 Å². The molecule has 0 bridgehead atoms. The van der Waals surface area contributed by atoms with Gasteiger partial charge in [0.15, 0.2) is 0 Å². The number of hydrogen-bond acceptors (Lipinski definition) is 4. The SMILES string of the molecule is O=C([O-])NCCNC(=O)c1cccc(Cl)n1. The molecule has 0 aliphatic heterocycles. The topological polar surface area (TPSA) is 94.1 Å². The maximum absolute atomic E-state index is 11.4. The Labute approximate surface area is 96.6 Å². The Hall–Kier alpha value is -1.82. The molecule has 0 saturated carbocycles. The second-order valence-corrected chi connectivity index (χ2v) is 3.20. The molecule has 0 radical (unpaired) electrons. The van der Waals surface area contributed by atoms with Crippen molar-refractivity contribution in [1.29, 1.82) is 0 Å². The van der Waals surface area contributed by atoms with Crippen LogP contribution in [0.25, 0.3) is 0 Å². The molecule has 0 aliphatic carbocycles. The minimum atomic E-state index is -1.38. The number of carbonyl (C=O) groups excluding carboxylic acids is 2. The van der Waals surface area contributed by atoms with Crippen molar-refractivity contribution in [2.75, 3.05) is 13.1 Å². The lowest BCUT2D eigenvalue weighted by Crippen LogP contribution is -2.41. The largest absolute Gasteiger partial charge is 0.530 e. The molecule has 0 atom stereocenters. The van der Waals surface area contributed by atoms with Crippen LogP contribution in [0.2, 0.25) is 5.15 Å². The first-order valence-electron chi connectivity index (χ1n) is 4.45. The molecule has 1 aromatic heterocycles. The summed E-state index contributed by atoms with van der Waals surface area (Å²) in [4.78, 5) is 25.2. The number of hydrogen-bond donors (Lipinski definition) is 2. The van der Waals surface area contributed by atoms with E-state index in [0.29, 0.717) is 0 Å². The Balaban J connectivity index is 2.38. The predicted octanol–water partition coefficient (Wildman–Crippen LogP) is -0.602. The van der Waals surface area contributed by atoms with Gasteiger partial charge in [-0.05, 0) is 12.1 Å². The number of halogens is 1. The summed E-state index contributed by atoms with van der Waals surface area (Å²) in [6, 6.07) is 4.66. The molecule has 0 aromatic carbocycles. The van der Waals surface area contributed by atoms with E-state index < -0.39 is 12.0 Å². The Bertz CT molecular complexity index is 397. The van der Waals surface area contributed by atoms with E-state index in [0.717, 1.165) is 0 Å². The van der Waals surface area contributed by atoms with Gasteiger partial charge in [0.1, 0.15) is 16.9 Å². The van der Waals surface area contributed by atoms with Crippen molar-refractivity contribution in [3.05, 3.63) is 29.0 Å². The normalized spacial score (nSPS) is 9.56. The monoisotopic (exact) mass is 242 g/mol. The van der Waals surface area contributed by atoms with Crippen LogP contribution in [-0.4, -0.2) is 30.1 Å². The van der Waals surface area contributed by atoms with Gasteiger partial charge in [0, 0.05) is 13.1 Å². The molecule has 2 amide bonds. The van der Waals surface area contributed by atoms with Crippen molar-refractivity contribution >= 4 is 23.6 Å². The highest BCUT2D eigenvalue weighted by Crippen LogP contribution is 2.04. The lowest BCUT2D eigenvalue weighted by atomic mass is 10.3. The van der Waals surface area contributed by atoms with Crippen LogP contribution in [0.3, 0.4) is 0 Å². The van der Waals surface area contributed by atoms with Gasteiger partial charge in [-0.15, -0.1) is 0 Å². The number of carbonyl (C=O) groups is 2. The molecule has 86 valence electrons. The number of carboxylic acid groups (broad SMARTS) is 1. The van der Waals surface area contributed by atoms with E-state index in [-0.39, 0.29) is 23.9 Å². The van der Waals surface area contributed by atoms with E-state index in [1.165, 1.54) is 6.07 Å². The third-order valence-electron chi connectivity index (χ3n) is 1.63. The molecule has 6 nitrogen and oxygen atoms in total. The summed E-state index contributed by atoms with van der Waals surface area (Å²) in [6.45, 7) is 0.232. The predicted molar refractivity (Wildman–Crippen MR) is 55.0 cm³/mol. The summed E-state index contributed by atoms with van der Waals surface area (Å²) < 4.78 is 0. The molecule has 1 aromatic rings. The quantitative estimate of drug-likeness (QED) is 0.544. The number of nitrogens with one attached hydrogen (secondary N) is 2. The molecule has 0 fully saturated rings. The van der Waals surface area contributed by atoms with Crippen LogP contribution in [0.1, 0.15) is 10.5 Å². The van der Waals surface area contributed by atoms with Crippen LogP contribution in [0.15, 0.2) is 18.2 Å². The van der Waals surface area contributed by atoms with E-state index in [4.69, 9.17) is 11.6 Å². The average molecular weight is 243 g/mol. The molecular weight excluding hydrogens is 234 g/mol. The molecule has 16 heavy (non-hydrogen) atoms. The van der Waals surface area contributed by atoms with Gasteiger partial charge in [0.25, 0.3) is 5.91 Å². The summed E-state index contributed by atoms with van der Waals surface area (Å²) in [5.74, 6) is -0.414. The fraction of sp³-hybridized carbons (Fsp3) is 0.222. The summed E-state index contributed by atoms with van der Waals surface area (Å²) in [7, 11) is 0. The van der Waals surface area contributed by atoms with Crippen LogP contribution in [0.5, 0.6) is 0 Å². The summed E-state index contributed by atoms with van der Waals surface area (Å²) in [6.07, 6.45) is -1.38. The van der Waals surface area contributed by atoms with E-state index in [9.17, 15) is 14.7 Å². The van der Waals surface area contributed by atoms with Gasteiger partial charge in [-0.3, -0.25) is 4.79 Å². The van der Waals surface area contributed by atoms with Crippen LogP contribution < -0.4 is 15.7 Å². The van der Waals surface area contributed by atoms with Crippen molar-refractivity contribution in [2.24, 2.45) is 0 Å². The van der Waals surface area contributed by atoms with E-state index in [1.54, 1.807) is 12.1 Å². The number of amides is 2. The van der Waals surface area contributed by atoms with Crippen molar-refractivity contribution in [1.82, 2.24) is 15.6 Å². The van der Waals surface area contributed by atoms with E-state index >= 15 is 0 Å². The first-order valence-corrected chi connectivity index (χ1v) is 4.83. The van der Waals surface area contributed by atoms with Gasteiger partial charge in [0.2, 0.25) is 0 Å². The van der Waals surface area contributed by atoms with Crippen molar-refractivity contribution in [2.45, 2.75) is 0 Å². The zero-order chi connectivity index (χ0) is 12.0. The lowest BCUT2D eigenvalue weighted by Gasteiger charge is -2.07. The molecule has 2 N–H and O–H groups in total. The van der Waals surface area contributed by atoms with Gasteiger partial charge < -0.3 is 20.5 Å². The maximum atomic E-state index is 11.4. The summed E-state index contributed by atoms with van der Waals surface area (Å²) >= 11 is 5.60. The van der Waals surface area contributed by atoms with Crippen molar-refractivity contribution < 1.29 is 14.7 Å². The van der Waals surface area contributed by atoms with Crippen LogP contribution in [0.4, 0.5) is 4.79 Å². The summed E-state index contributed by atoms with van der Waals surface area (Å²) in [5, 5.41) is 14.7. The summed E-state index contributed by atoms with van der Waals surface area (Å²) in [5.41, 5.74) is 0.181. The second-order valence-electron chi connectivity index (χ2n) is 2.82. The highest BCUT2D eigenvalue weighted by atomic mass is 35.5. The second kappa shape index (κ2) is 5.92. The zero-order valence-electron chi connectivity index (χ0n) is 8.20. The number of rotatable bonds is 4. The standard InChI is InChI=1S/C9H10ClN3O3/c10-7-3-1-2-6(13-7)8(14)11-4-5-12-9(15)16/h1-3,12H,4-5H2,(H,11,14)(H,15,16)/p-1. The third kappa shape index (κ3) is 4.14. The fourth-order valence-electron chi connectivity index (χ4n) is 0.966. The lowest BCUT2D eigenvalue weighted by molar-refractivity contribution is -0.250. The molecule has 1 rings (SSSR count). The Morgan fingerprint density at radius 3 is 2.62 bits per heavy atom. The zero-order valence-corrected chi connectivity index (χ0v) is 8.95. The van der Waals surface area contributed by atoms with Gasteiger partial charge in [-0.1, -0.05) is 17.7 Å². The Morgan fingerprint density at radius 1 is 1.31 bits per heavy atom. The van der Waals surface area contributed by atoms with E-state index in [2.05, 4.69) is 10.3 Å². The van der Waals surface area contributed by atoms with Gasteiger partial charge >= 0.3 is 0 Å². The first-order chi connectivity index (χ1) is 7.59. The van der Waals surface area contributed by atoms with Gasteiger partial charge in [-0.25, -0.2) is 4.98 Å². The molecule has 7 heteroatoms. The fourth-order valence-corrected chi connectivity index (χ4v) is 1.13. The van der Waals surface area contributed by atoms with Crippen LogP contribution >= 0.6 is 11.6 Å². The molecule has 0 saturated heterocycles. The molecular formula is C9H9ClN3O3-. The van der Waals surface area contributed by atoms with E-state index in [1.807, 2.05) is 5.32 Å². The highest BCUT2D eigenvalue weighted by molar-refractivity contribution is 6.29. The third-order valence-corrected chi connectivity index (χ3v) is 1.84. The highest BCUT2D eigenvalue weighted by Gasteiger charge is 2.05. The number of nitrogens with zero attached hydrogens (tertiary/aromatic N) is 1. The molecule has 0 unspecified atom stereocenters. The Morgan fingerprint density at radius 2 is 2.00 bits per heavy atom. The number of aromatic nitrogens is 1. The Kier molecular flexibility index (Phi) is 4.53. The van der Waals surface area contributed by atoms with Crippen molar-refractivity contribution in [3.63, 3.8) is 0 Å². The molecule has 0 aliphatic rings. The smallest absolute Gasteiger partial charge is 0.270 e. The van der Waals surface area contributed by atoms with Crippen LogP contribution in [-0.2, 0) is 0 Å². The molecule has 0 spiro atoms. The van der Waals surface area contributed by atoms with Gasteiger partial charge in [0.05, 0.1) is 0 Å². The molecule has 1 heterocycles. The minimum Gasteiger partial charge on any atom is -0.530 e. The van der Waals surface area contributed by atoms with Crippen molar-refractivity contribution in [3.8, 4) is 0 Å².